The van der Waals surface area contributed by atoms with Gasteiger partial charge in [-0.05, 0) is 12.1 Å². The minimum absolute atomic E-state index is 0.142. The Balaban J connectivity index is 2.13. The molecule has 1 aromatic heterocycles. The summed E-state index contributed by atoms with van der Waals surface area (Å²) in [4.78, 5) is 27.6. The highest BCUT2D eigenvalue weighted by Crippen LogP contribution is 2.20. The molecule has 0 aliphatic carbocycles. The largest absolute Gasteiger partial charge is 0.465 e. The summed E-state index contributed by atoms with van der Waals surface area (Å²) in [6, 6.07) is 4.58. The predicted molar refractivity (Wildman–Crippen MR) is 60.6 cm³/mol. The van der Waals surface area contributed by atoms with E-state index in [1.54, 1.807) is 18.2 Å². The monoisotopic (exact) mass is 236 g/mol. The first-order chi connectivity index (χ1) is 8.06. The average Bonchev–Trinajstić information content (AvgIpc) is 2.58. The van der Waals surface area contributed by atoms with E-state index >= 15 is 0 Å². The maximum atomic E-state index is 11.7. The Morgan fingerprint density at radius 3 is 3.00 bits per heavy atom. The van der Waals surface area contributed by atoms with Crippen LogP contribution in [0.25, 0.3) is 0 Å². The number of nitrogens with zero attached hydrogens (tertiary/aromatic N) is 2. The Bertz CT molecular complexity index is 463. The number of nitrogen functional groups attached to an aromatic ring is 1. The van der Waals surface area contributed by atoms with Crippen LogP contribution in [-0.4, -0.2) is 34.7 Å². The molecule has 1 aliphatic heterocycles. The number of amides is 2. The van der Waals surface area contributed by atoms with Gasteiger partial charge in [0.05, 0.1) is 6.04 Å². The number of aromatic nitrogens is 1. The molecule has 7 heteroatoms. The number of carboxylic acid groups (broad SMARTS) is 1. The van der Waals surface area contributed by atoms with Crippen molar-refractivity contribution < 1.29 is 14.7 Å². The number of hydrogen-bond donors (Lipinski definition) is 3. The average molecular weight is 236 g/mol. The minimum Gasteiger partial charge on any atom is -0.465 e. The summed E-state index contributed by atoms with van der Waals surface area (Å²) in [6.07, 6.45) is -0.992. The van der Waals surface area contributed by atoms with E-state index in [1.807, 2.05) is 0 Å². The third-order valence-electron chi connectivity index (χ3n) is 2.49. The molecule has 2 rings (SSSR count). The molecule has 1 aromatic rings. The summed E-state index contributed by atoms with van der Waals surface area (Å²) in [7, 11) is 0. The van der Waals surface area contributed by atoms with Crippen molar-refractivity contribution >= 4 is 23.6 Å². The topological polar surface area (TPSA) is 109 Å². The fraction of sp³-hybridized carbons (Fsp3) is 0.300. The second kappa shape index (κ2) is 4.28. The lowest BCUT2D eigenvalue weighted by Crippen LogP contribution is -2.36. The van der Waals surface area contributed by atoms with Gasteiger partial charge >= 0.3 is 6.09 Å². The van der Waals surface area contributed by atoms with E-state index in [4.69, 9.17) is 10.8 Å². The van der Waals surface area contributed by atoms with Gasteiger partial charge < -0.3 is 16.2 Å². The number of carbonyl (C=O) groups is 2. The van der Waals surface area contributed by atoms with Crippen LogP contribution in [0, 0.1) is 0 Å². The predicted octanol–water partition coefficient (Wildman–Crippen LogP) is 0.0367. The fourth-order valence-electron chi connectivity index (χ4n) is 1.79. The van der Waals surface area contributed by atoms with Gasteiger partial charge in [0, 0.05) is 13.0 Å². The number of nitrogens with two attached hydrogens (primary N) is 1. The van der Waals surface area contributed by atoms with Gasteiger partial charge in [0.15, 0.2) is 0 Å². The quantitative estimate of drug-likeness (QED) is 0.671. The lowest BCUT2D eigenvalue weighted by atomic mass is 10.3. The van der Waals surface area contributed by atoms with Crippen LogP contribution in [0.2, 0.25) is 0 Å². The van der Waals surface area contributed by atoms with Gasteiger partial charge in [-0.1, -0.05) is 6.07 Å². The molecule has 0 spiro atoms. The molecule has 17 heavy (non-hydrogen) atoms. The van der Waals surface area contributed by atoms with E-state index < -0.39 is 12.1 Å². The number of hydrogen-bond acceptors (Lipinski definition) is 4. The molecule has 90 valence electrons. The van der Waals surface area contributed by atoms with Crippen LogP contribution in [0.1, 0.15) is 6.42 Å². The number of pyridine rings is 1. The third-order valence-corrected chi connectivity index (χ3v) is 2.49. The Kier molecular flexibility index (Phi) is 2.82. The molecule has 1 aliphatic rings. The lowest BCUT2D eigenvalue weighted by molar-refractivity contribution is -0.117. The number of rotatable bonds is 2. The molecule has 0 saturated carbocycles. The van der Waals surface area contributed by atoms with Crippen LogP contribution in [0.3, 0.4) is 0 Å². The van der Waals surface area contributed by atoms with Gasteiger partial charge in [0.1, 0.15) is 11.6 Å². The molecule has 1 saturated heterocycles. The molecule has 1 unspecified atom stereocenters. The number of carbonyl (C=O) groups excluding carboxylic acids is 1. The highest BCUT2D eigenvalue weighted by atomic mass is 16.4. The summed E-state index contributed by atoms with van der Waals surface area (Å²) >= 11 is 0. The standard InChI is InChI=1S/C10H12N4O3/c11-7-2-1-3-8(13-7)14-5-6(4-9(14)15)12-10(16)17/h1-3,6,12H,4-5H2,(H2,11,13)(H,16,17). The first kappa shape index (κ1) is 11.2. The first-order valence-corrected chi connectivity index (χ1v) is 5.08. The van der Waals surface area contributed by atoms with Crippen LogP contribution >= 0.6 is 0 Å². The van der Waals surface area contributed by atoms with Gasteiger partial charge in [-0.2, -0.15) is 0 Å². The van der Waals surface area contributed by atoms with E-state index in [2.05, 4.69) is 10.3 Å². The van der Waals surface area contributed by atoms with Gasteiger partial charge in [0.2, 0.25) is 5.91 Å². The molecular formula is C10H12N4O3. The summed E-state index contributed by atoms with van der Waals surface area (Å²) in [5.41, 5.74) is 5.53. The van der Waals surface area contributed by atoms with Crippen molar-refractivity contribution in [1.82, 2.24) is 10.3 Å². The minimum atomic E-state index is -1.13. The van der Waals surface area contributed by atoms with E-state index in [0.717, 1.165) is 0 Å². The van der Waals surface area contributed by atoms with Crippen molar-refractivity contribution in [3.8, 4) is 0 Å². The summed E-state index contributed by atoms with van der Waals surface area (Å²) < 4.78 is 0. The van der Waals surface area contributed by atoms with Gasteiger partial charge in [-0.25, -0.2) is 9.78 Å². The second-order valence-electron chi connectivity index (χ2n) is 3.78. The Morgan fingerprint density at radius 1 is 1.59 bits per heavy atom. The van der Waals surface area contributed by atoms with Crippen molar-refractivity contribution in [1.29, 1.82) is 0 Å². The highest BCUT2D eigenvalue weighted by molar-refractivity contribution is 5.95. The zero-order chi connectivity index (χ0) is 12.4. The van der Waals surface area contributed by atoms with E-state index in [0.29, 0.717) is 11.6 Å². The number of anilines is 2. The van der Waals surface area contributed by atoms with Crippen LogP contribution in [0.15, 0.2) is 18.2 Å². The Labute approximate surface area is 97.2 Å². The molecule has 0 radical (unpaired) electrons. The third kappa shape index (κ3) is 2.44. The number of nitrogens with one attached hydrogen (secondary N) is 1. The lowest BCUT2D eigenvalue weighted by Gasteiger charge is -2.15. The Hall–Kier alpha value is -2.31. The van der Waals surface area contributed by atoms with Crippen LogP contribution in [-0.2, 0) is 4.79 Å². The molecule has 4 N–H and O–H groups in total. The molecule has 2 amide bonds. The molecule has 0 bridgehead atoms. The normalized spacial score (nSPS) is 19.4. The van der Waals surface area contributed by atoms with E-state index in [-0.39, 0.29) is 18.9 Å². The zero-order valence-corrected chi connectivity index (χ0v) is 8.96. The Morgan fingerprint density at radius 2 is 2.35 bits per heavy atom. The molecule has 7 nitrogen and oxygen atoms in total. The second-order valence-corrected chi connectivity index (χ2v) is 3.78. The van der Waals surface area contributed by atoms with Gasteiger partial charge in [-0.3, -0.25) is 9.69 Å². The SMILES string of the molecule is Nc1cccc(N2CC(NC(=O)O)CC2=O)n1. The zero-order valence-electron chi connectivity index (χ0n) is 8.96. The van der Waals surface area contributed by atoms with Crippen molar-refractivity contribution in [3.63, 3.8) is 0 Å². The smallest absolute Gasteiger partial charge is 0.404 e. The molecule has 1 atom stereocenters. The maximum Gasteiger partial charge on any atom is 0.404 e. The van der Waals surface area contributed by atoms with Crippen molar-refractivity contribution in [2.75, 3.05) is 17.2 Å². The molecular weight excluding hydrogens is 224 g/mol. The summed E-state index contributed by atoms with van der Waals surface area (Å²) in [5, 5.41) is 10.9. The maximum absolute atomic E-state index is 11.7. The van der Waals surface area contributed by atoms with Crippen molar-refractivity contribution in [2.45, 2.75) is 12.5 Å². The fourth-order valence-corrected chi connectivity index (χ4v) is 1.79. The van der Waals surface area contributed by atoms with Gasteiger partial charge in [-0.15, -0.1) is 0 Å². The first-order valence-electron chi connectivity index (χ1n) is 5.08. The van der Waals surface area contributed by atoms with E-state index in [9.17, 15) is 9.59 Å². The molecule has 0 aromatic carbocycles. The van der Waals surface area contributed by atoms with Crippen LogP contribution in [0.5, 0.6) is 0 Å². The molecule has 1 fully saturated rings. The van der Waals surface area contributed by atoms with Crippen LogP contribution < -0.4 is 16.0 Å². The highest BCUT2D eigenvalue weighted by Gasteiger charge is 2.32. The summed E-state index contributed by atoms with van der Waals surface area (Å²) in [5.74, 6) is 0.608. The van der Waals surface area contributed by atoms with E-state index in [1.165, 1.54) is 4.90 Å². The van der Waals surface area contributed by atoms with Gasteiger partial charge in [0.25, 0.3) is 0 Å². The van der Waals surface area contributed by atoms with Crippen LogP contribution in [0.4, 0.5) is 16.4 Å². The summed E-state index contributed by atoms with van der Waals surface area (Å²) in [6.45, 7) is 0.279. The molecule has 2 heterocycles. The van der Waals surface area contributed by atoms with Crippen molar-refractivity contribution in [3.05, 3.63) is 18.2 Å². The van der Waals surface area contributed by atoms with Crippen molar-refractivity contribution in [2.24, 2.45) is 0 Å².